The van der Waals surface area contributed by atoms with E-state index in [0.717, 1.165) is 11.1 Å². The molecule has 0 saturated heterocycles. The number of furan rings is 1. The van der Waals surface area contributed by atoms with E-state index in [9.17, 15) is 4.79 Å². The molecule has 0 spiro atoms. The highest BCUT2D eigenvalue weighted by Gasteiger charge is 2.14. The average Bonchev–Trinajstić information content (AvgIpc) is 2.95. The lowest BCUT2D eigenvalue weighted by Crippen LogP contribution is -2.10. The maximum atomic E-state index is 12.0. The molecule has 1 amide bonds. The van der Waals surface area contributed by atoms with Crippen molar-refractivity contribution in [1.82, 2.24) is 4.98 Å². The quantitative estimate of drug-likeness (QED) is 0.773. The summed E-state index contributed by atoms with van der Waals surface area (Å²) in [5.74, 6) is -0.0770. The van der Waals surface area contributed by atoms with E-state index in [4.69, 9.17) is 16.0 Å². The fourth-order valence-electron chi connectivity index (χ4n) is 1.70. The van der Waals surface area contributed by atoms with Crippen molar-refractivity contribution in [2.45, 2.75) is 6.92 Å². The van der Waals surface area contributed by atoms with Gasteiger partial charge in [0.15, 0.2) is 10.9 Å². The third-order valence-electron chi connectivity index (χ3n) is 2.54. The van der Waals surface area contributed by atoms with Crippen LogP contribution in [0.4, 0.5) is 5.13 Å². The van der Waals surface area contributed by atoms with Crippen molar-refractivity contribution in [3.63, 3.8) is 0 Å². The number of amides is 1. The maximum absolute atomic E-state index is 12.0. The second-order valence-corrected chi connectivity index (χ2v) is 5.34. The predicted molar refractivity (Wildman–Crippen MR) is 76.0 cm³/mol. The fourth-order valence-corrected chi connectivity index (χ4v) is 2.56. The number of halogens is 1. The standard InChI is InChI=1S/C13H9ClN2O2S/c1-7-6-19-13(15-7)16-12(17)11-5-8-4-9(14)2-3-10(8)18-11/h2-6H,1H3,(H,15,16,17). The van der Waals surface area contributed by atoms with Gasteiger partial charge in [-0.05, 0) is 31.2 Å². The molecule has 0 bridgehead atoms. The lowest BCUT2D eigenvalue weighted by atomic mass is 10.2. The molecule has 6 heteroatoms. The predicted octanol–water partition coefficient (Wildman–Crippen LogP) is 4.10. The smallest absolute Gasteiger partial charge is 0.293 e. The van der Waals surface area contributed by atoms with Crippen molar-refractivity contribution in [3.8, 4) is 0 Å². The van der Waals surface area contributed by atoms with Crippen LogP contribution in [0.2, 0.25) is 5.02 Å². The molecule has 0 fully saturated rings. The van der Waals surface area contributed by atoms with E-state index < -0.39 is 0 Å². The van der Waals surface area contributed by atoms with Gasteiger partial charge >= 0.3 is 0 Å². The number of aryl methyl sites for hydroxylation is 1. The first-order valence-corrected chi connectivity index (χ1v) is 6.80. The Morgan fingerprint density at radius 1 is 1.42 bits per heavy atom. The maximum Gasteiger partial charge on any atom is 0.293 e. The third-order valence-corrected chi connectivity index (χ3v) is 3.65. The molecule has 4 nitrogen and oxygen atoms in total. The molecule has 0 aliphatic heterocycles. The molecule has 1 aromatic carbocycles. The van der Waals surface area contributed by atoms with Crippen molar-refractivity contribution >= 4 is 44.9 Å². The Balaban J connectivity index is 1.89. The van der Waals surface area contributed by atoms with E-state index in [1.54, 1.807) is 24.3 Å². The number of benzene rings is 1. The van der Waals surface area contributed by atoms with Gasteiger partial charge in [-0.3, -0.25) is 10.1 Å². The van der Waals surface area contributed by atoms with Crippen molar-refractivity contribution in [2.75, 3.05) is 5.32 Å². The van der Waals surface area contributed by atoms with Crippen molar-refractivity contribution in [2.24, 2.45) is 0 Å². The van der Waals surface area contributed by atoms with Gasteiger partial charge in [0, 0.05) is 15.8 Å². The second-order valence-electron chi connectivity index (χ2n) is 4.04. The number of hydrogen-bond acceptors (Lipinski definition) is 4. The number of anilines is 1. The number of nitrogens with zero attached hydrogens (tertiary/aromatic N) is 1. The highest BCUT2D eigenvalue weighted by molar-refractivity contribution is 7.13. The SMILES string of the molecule is Cc1csc(NC(=O)c2cc3cc(Cl)ccc3o2)n1. The minimum Gasteiger partial charge on any atom is -0.451 e. The van der Waals surface area contributed by atoms with Crippen LogP contribution in [0.3, 0.4) is 0 Å². The van der Waals surface area contributed by atoms with Crippen molar-refractivity contribution in [1.29, 1.82) is 0 Å². The van der Waals surface area contributed by atoms with Gasteiger partial charge in [-0.15, -0.1) is 11.3 Å². The minimum absolute atomic E-state index is 0.241. The molecule has 2 heterocycles. The number of thiazole rings is 1. The lowest BCUT2D eigenvalue weighted by Gasteiger charge is -1.96. The topological polar surface area (TPSA) is 55.1 Å². The van der Waals surface area contributed by atoms with Gasteiger partial charge in [0.25, 0.3) is 5.91 Å². The number of carbonyl (C=O) groups is 1. The van der Waals surface area contributed by atoms with E-state index in [0.29, 0.717) is 15.7 Å². The molecule has 2 aromatic heterocycles. The summed E-state index contributed by atoms with van der Waals surface area (Å²) in [6.45, 7) is 1.87. The summed E-state index contributed by atoms with van der Waals surface area (Å²) in [4.78, 5) is 16.2. The third kappa shape index (κ3) is 2.47. The number of aromatic nitrogens is 1. The van der Waals surface area contributed by atoms with Crippen LogP contribution in [-0.2, 0) is 0 Å². The summed E-state index contributed by atoms with van der Waals surface area (Å²) in [6, 6.07) is 6.88. The second kappa shape index (κ2) is 4.68. The average molecular weight is 293 g/mol. The van der Waals surface area contributed by atoms with E-state index in [2.05, 4.69) is 10.3 Å². The molecular weight excluding hydrogens is 284 g/mol. The zero-order valence-corrected chi connectivity index (χ0v) is 11.5. The van der Waals surface area contributed by atoms with Crippen molar-refractivity contribution < 1.29 is 9.21 Å². The number of hydrogen-bond donors (Lipinski definition) is 1. The van der Waals surface area contributed by atoms with Gasteiger partial charge in [-0.1, -0.05) is 11.6 Å². The normalized spacial score (nSPS) is 10.8. The highest BCUT2D eigenvalue weighted by atomic mass is 35.5. The molecule has 0 aliphatic carbocycles. The Morgan fingerprint density at radius 3 is 3.00 bits per heavy atom. The Hall–Kier alpha value is -1.85. The number of carbonyl (C=O) groups excluding carboxylic acids is 1. The monoisotopic (exact) mass is 292 g/mol. The van der Waals surface area contributed by atoms with Crippen LogP contribution in [0, 0.1) is 6.92 Å². The Bertz CT molecular complexity index is 763. The molecule has 1 N–H and O–H groups in total. The zero-order chi connectivity index (χ0) is 13.4. The first-order valence-electron chi connectivity index (χ1n) is 5.54. The van der Waals surface area contributed by atoms with Crippen molar-refractivity contribution in [3.05, 3.63) is 46.1 Å². The molecule has 96 valence electrons. The van der Waals surface area contributed by atoms with Gasteiger partial charge in [-0.2, -0.15) is 0 Å². The van der Waals surface area contributed by atoms with Crippen LogP contribution in [0.25, 0.3) is 11.0 Å². The molecule has 0 radical (unpaired) electrons. The van der Waals surface area contributed by atoms with Crippen LogP contribution in [0.5, 0.6) is 0 Å². The molecule has 0 aliphatic rings. The first kappa shape index (κ1) is 12.2. The summed E-state index contributed by atoms with van der Waals surface area (Å²) >= 11 is 7.27. The Morgan fingerprint density at radius 2 is 2.26 bits per heavy atom. The Labute approximate surface area is 118 Å². The zero-order valence-electron chi connectivity index (χ0n) is 9.94. The summed E-state index contributed by atoms with van der Waals surface area (Å²) in [7, 11) is 0. The van der Waals surface area contributed by atoms with Gasteiger partial charge in [0.2, 0.25) is 0 Å². The highest BCUT2D eigenvalue weighted by Crippen LogP contribution is 2.24. The number of rotatable bonds is 2. The van der Waals surface area contributed by atoms with Gasteiger partial charge < -0.3 is 4.42 Å². The van der Waals surface area contributed by atoms with Gasteiger partial charge in [0.05, 0.1) is 5.69 Å². The van der Waals surface area contributed by atoms with E-state index in [-0.39, 0.29) is 11.7 Å². The molecule has 19 heavy (non-hydrogen) atoms. The Kier molecular flexibility index (Phi) is 3.00. The van der Waals surface area contributed by atoms with Crippen LogP contribution >= 0.6 is 22.9 Å². The largest absolute Gasteiger partial charge is 0.451 e. The molecule has 3 aromatic rings. The van der Waals surface area contributed by atoms with E-state index >= 15 is 0 Å². The molecule has 0 saturated carbocycles. The lowest BCUT2D eigenvalue weighted by molar-refractivity contribution is 0.0998. The molecule has 0 unspecified atom stereocenters. The van der Waals surface area contributed by atoms with Crippen LogP contribution in [-0.4, -0.2) is 10.9 Å². The number of nitrogens with one attached hydrogen (secondary N) is 1. The van der Waals surface area contributed by atoms with E-state index in [1.165, 1.54) is 11.3 Å². The van der Waals surface area contributed by atoms with Gasteiger partial charge in [0.1, 0.15) is 5.58 Å². The fraction of sp³-hybridized carbons (Fsp3) is 0.0769. The van der Waals surface area contributed by atoms with Crippen LogP contribution in [0.1, 0.15) is 16.2 Å². The number of fused-ring (bicyclic) bond motifs is 1. The molecular formula is C13H9ClN2O2S. The molecule has 0 atom stereocenters. The van der Waals surface area contributed by atoms with Gasteiger partial charge in [-0.25, -0.2) is 4.98 Å². The summed E-state index contributed by atoms with van der Waals surface area (Å²) in [5.41, 5.74) is 1.50. The summed E-state index contributed by atoms with van der Waals surface area (Å²) in [5, 5.41) is 6.53. The first-order chi connectivity index (χ1) is 9.11. The molecule has 3 rings (SSSR count). The minimum atomic E-state index is -0.318. The van der Waals surface area contributed by atoms with Crippen LogP contribution < -0.4 is 5.32 Å². The summed E-state index contributed by atoms with van der Waals surface area (Å²) in [6.07, 6.45) is 0. The summed E-state index contributed by atoms with van der Waals surface area (Å²) < 4.78 is 5.47. The van der Waals surface area contributed by atoms with Crippen LogP contribution in [0.15, 0.2) is 34.1 Å². The van der Waals surface area contributed by atoms with E-state index in [1.807, 2.05) is 12.3 Å².